The third kappa shape index (κ3) is 4.46. The number of ketones is 1. The summed E-state index contributed by atoms with van der Waals surface area (Å²) in [6, 6.07) is 17.1. The number of fused-ring (bicyclic) bond motifs is 2. The molecule has 9 heteroatoms. The Morgan fingerprint density at radius 2 is 1.98 bits per heavy atom. The van der Waals surface area contributed by atoms with Crippen molar-refractivity contribution in [1.29, 1.82) is 0 Å². The minimum absolute atomic E-state index is 0.00129. The van der Waals surface area contributed by atoms with Crippen LogP contribution >= 0.6 is 11.3 Å². The molecule has 4 aromatic rings. The van der Waals surface area contributed by atoms with Crippen LogP contribution in [-0.2, 0) is 16.0 Å². The standard InChI is InChI=1S/C31H28N2O6S/c1-4-12-38-22-7-5-6-18(15-22)27-26(28(34)19-8-11-24-20(14-19)13-17(2)39-24)29(35)30(36)33(27)31-32-23-10-9-21(37-3)16-25(23)40-31/h5-11,14-17,27,34H,4,12-13H2,1-3H3/b28-26+/t17-,27-/m1/s1. The molecule has 3 aromatic carbocycles. The highest BCUT2D eigenvalue weighted by molar-refractivity contribution is 7.22. The number of carbonyl (C=O) groups excluding carboxylic acids is 2. The highest BCUT2D eigenvalue weighted by Crippen LogP contribution is 2.45. The van der Waals surface area contributed by atoms with Gasteiger partial charge in [-0.15, -0.1) is 0 Å². The molecule has 6 rings (SSSR count). The van der Waals surface area contributed by atoms with E-state index in [4.69, 9.17) is 14.2 Å². The molecule has 1 fully saturated rings. The number of benzene rings is 3. The number of hydrogen-bond acceptors (Lipinski definition) is 8. The number of methoxy groups -OCH3 is 1. The molecular formula is C31H28N2O6S. The Hall–Kier alpha value is -4.37. The quantitative estimate of drug-likeness (QED) is 0.168. The van der Waals surface area contributed by atoms with Crippen LogP contribution in [0.1, 0.15) is 43.0 Å². The van der Waals surface area contributed by atoms with Crippen molar-refractivity contribution >= 4 is 44.1 Å². The van der Waals surface area contributed by atoms with Gasteiger partial charge in [0.15, 0.2) is 5.13 Å². The summed E-state index contributed by atoms with van der Waals surface area (Å²) < 4.78 is 17.8. The van der Waals surface area contributed by atoms with Gasteiger partial charge < -0.3 is 19.3 Å². The van der Waals surface area contributed by atoms with Gasteiger partial charge in [0.2, 0.25) is 0 Å². The van der Waals surface area contributed by atoms with Crippen molar-refractivity contribution in [2.24, 2.45) is 0 Å². The molecule has 2 aliphatic heterocycles. The van der Waals surface area contributed by atoms with Crippen LogP contribution in [0.15, 0.2) is 66.2 Å². The minimum atomic E-state index is -0.906. The van der Waals surface area contributed by atoms with E-state index in [1.807, 2.05) is 50.2 Å². The zero-order chi connectivity index (χ0) is 28.0. The highest BCUT2D eigenvalue weighted by Gasteiger charge is 2.48. The smallest absolute Gasteiger partial charge is 0.301 e. The van der Waals surface area contributed by atoms with Gasteiger partial charge >= 0.3 is 5.91 Å². The zero-order valence-electron chi connectivity index (χ0n) is 22.3. The molecule has 0 spiro atoms. The maximum atomic E-state index is 13.6. The highest BCUT2D eigenvalue weighted by atomic mass is 32.1. The van der Waals surface area contributed by atoms with Crippen LogP contribution in [0, 0.1) is 0 Å². The zero-order valence-corrected chi connectivity index (χ0v) is 23.2. The number of hydrogen-bond donors (Lipinski definition) is 1. The van der Waals surface area contributed by atoms with Gasteiger partial charge in [-0.3, -0.25) is 14.5 Å². The van der Waals surface area contributed by atoms with Crippen LogP contribution in [0.5, 0.6) is 17.2 Å². The molecule has 1 aromatic heterocycles. The number of thiazole rings is 1. The van der Waals surface area contributed by atoms with E-state index in [9.17, 15) is 14.7 Å². The van der Waals surface area contributed by atoms with E-state index in [1.54, 1.807) is 31.4 Å². The van der Waals surface area contributed by atoms with Gasteiger partial charge in [-0.25, -0.2) is 4.98 Å². The predicted octanol–water partition coefficient (Wildman–Crippen LogP) is 6.04. The SMILES string of the molecule is CCCOc1cccc([C@@H]2/C(=C(\O)c3ccc4c(c3)C[C@@H](C)O4)C(=O)C(=O)N2c2nc3ccc(OC)cc3s2)c1. The Bertz CT molecular complexity index is 1680. The number of rotatable bonds is 7. The third-order valence-corrected chi connectivity index (χ3v) is 8.07. The number of aromatic nitrogens is 1. The van der Waals surface area contributed by atoms with Crippen LogP contribution in [0.25, 0.3) is 16.0 Å². The second-order valence-electron chi connectivity index (χ2n) is 9.88. The molecule has 0 radical (unpaired) electrons. The van der Waals surface area contributed by atoms with Crippen molar-refractivity contribution in [2.75, 3.05) is 18.6 Å². The van der Waals surface area contributed by atoms with Crippen molar-refractivity contribution in [3.63, 3.8) is 0 Å². The molecule has 1 amide bonds. The topological polar surface area (TPSA) is 98.2 Å². The van der Waals surface area contributed by atoms with Crippen molar-refractivity contribution < 1.29 is 28.9 Å². The molecule has 1 N–H and O–H groups in total. The molecule has 2 atom stereocenters. The fraction of sp³-hybridized carbons (Fsp3) is 0.258. The number of aliphatic hydroxyl groups excluding tert-OH is 1. The van der Waals surface area contributed by atoms with Crippen molar-refractivity contribution in [2.45, 2.75) is 38.8 Å². The van der Waals surface area contributed by atoms with E-state index in [0.717, 1.165) is 22.4 Å². The molecule has 0 bridgehead atoms. The van der Waals surface area contributed by atoms with Crippen LogP contribution < -0.4 is 19.1 Å². The average Bonchev–Trinajstić information content (AvgIpc) is 3.63. The molecule has 0 unspecified atom stereocenters. The number of Topliss-reactive ketones (excluding diaryl/α,β-unsaturated/α-hetero) is 1. The first-order valence-corrected chi connectivity index (χ1v) is 14.0. The van der Waals surface area contributed by atoms with Crippen molar-refractivity contribution in [3.8, 4) is 17.2 Å². The third-order valence-electron chi connectivity index (χ3n) is 7.05. The molecule has 2 aliphatic rings. The maximum absolute atomic E-state index is 13.6. The number of amides is 1. The molecule has 204 valence electrons. The summed E-state index contributed by atoms with van der Waals surface area (Å²) in [7, 11) is 1.58. The van der Waals surface area contributed by atoms with Gasteiger partial charge in [0.05, 0.1) is 35.5 Å². The largest absolute Gasteiger partial charge is 0.507 e. The second kappa shape index (κ2) is 10.3. The summed E-state index contributed by atoms with van der Waals surface area (Å²) in [6.45, 7) is 4.52. The van der Waals surface area contributed by atoms with Gasteiger partial charge in [-0.05, 0) is 73.0 Å². The van der Waals surface area contributed by atoms with E-state index in [1.165, 1.54) is 16.2 Å². The van der Waals surface area contributed by atoms with Gasteiger partial charge in [0.1, 0.15) is 29.1 Å². The lowest BCUT2D eigenvalue weighted by Gasteiger charge is -2.23. The monoisotopic (exact) mass is 556 g/mol. The Kier molecular flexibility index (Phi) is 6.67. The van der Waals surface area contributed by atoms with Crippen LogP contribution in [-0.4, -0.2) is 41.6 Å². The minimum Gasteiger partial charge on any atom is -0.507 e. The maximum Gasteiger partial charge on any atom is 0.301 e. The Balaban J connectivity index is 1.51. The number of carbonyl (C=O) groups is 2. The second-order valence-corrected chi connectivity index (χ2v) is 10.9. The lowest BCUT2D eigenvalue weighted by molar-refractivity contribution is -0.132. The summed E-state index contributed by atoms with van der Waals surface area (Å²) in [6.07, 6.45) is 1.56. The Morgan fingerprint density at radius 1 is 1.12 bits per heavy atom. The average molecular weight is 557 g/mol. The normalized spacial score (nSPS) is 19.6. The number of aliphatic hydroxyl groups is 1. The summed E-state index contributed by atoms with van der Waals surface area (Å²) >= 11 is 1.28. The van der Waals surface area contributed by atoms with E-state index >= 15 is 0 Å². The first-order valence-electron chi connectivity index (χ1n) is 13.2. The summed E-state index contributed by atoms with van der Waals surface area (Å²) in [5, 5.41) is 11.9. The van der Waals surface area contributed by atoms with Gasteiger partial charge in [-0.1, -0.05) is 30.4 Å². The molecular weight excluding hydrogens is 528 g/mol. The van der Waals surface area contributed by atoms with Crippen LogP contribution in [0.3, 0.4) is 0 Å². The Labute approximate surface area is 235 Å². The number of anilines is 1. The summed E-state index contributed by atoms with van der Waals surface area (Å²) in [4.78, 5) is 33.3. The van der Waals surface area contributed by atoms with Gasteiger partial charge in [0.25, 0.3) is 5.78 Å². The van der Waals surface area contributed by atoms with E-state index in [0.29, 0.717) is 46.3 Å². The Morgan fingerprint density at radius 3 is 2.77 bits per heavy atom. The molecule has 40 heavy (non-hydrogen) atoms. The lowest BCUT2D eigenvalue weighted by atomic mass is 9.94. The number of nitrogens with zero attached hydrogens (tertiary/aromatic N) is 2. The first-order chi connectivity index (χ1) is 19.4. The van der Waals surface area contributed by atoms with Crippen molar-refractivity contribution in [3.05, 3.63) is 82.9 Å². The van der Waals surface area contributed by atoms with E-state index in [2.05, 4.69) is 4.98 Å². The van der Waals surface area contributed by atoms with Crippen LogP contribution in [0.4, 0.5) is 5.13 Å². The van der Waals surface area contributed by atoms with E-state index < -0.39 is 17.7 Å². The fourth-order valence-corrected chi connectivity index (χ4v) is 6.21. The first kappa shape index (κ1) is 25.9. The van der Waals surface area contributed by atoms with Crippen LogP contribution in [0.2, 0.25) is 0 Å². The fourth-order valence-electron chi connectivity index (χ4n) is 5.19. The number of ether oxygens (including phenoxy) is 3. The lowest BCUT2D eigenvalue weighted by Crippen LogP contribution is -2.29. The van der Waals surface area contributed by atoms with Gasteiger partial charge in [0, 0.05) is 12.0 Å². The molecule has 0 aliphatic carbocycles. The molecule has 0 saturated carbocycles. The summed E-state index contributed by atoms with van der Waals surface area (Å²) in [5.41, 5.74) is 2.70. The van der Waals surface area contributed by atoms with E-state index in [-0.39, 0.29) is 17.4 Å². The predicted molar refractivity (Wildman–Crippen MR) is 153 cm³/mol. The summed E-state index contributed by atoms with van der Waals surface area (Å²) in [5.74, 6) is 0.266. The molecule has 3 heterocycles. The van der Waals surface area contributed by atoms with Crippen molar-refractivity contribution in [1.82, 2.24) is 4.98 Å². The van der Waals surface area contributed by atoms with Gasteiger partial charge in [-0.2, -0.15) is 0 Å². The molecule has 1 saturated heterocycles. The molecule has 8 nitrogen and oxygen atoms in total.